The van der Waals surface area contributed by atoms with Crippen molar-refractivity contribution in [2.75, 3.05) is 53.0 Å². The summed E-state index contributed by atoms with van der Waals surface area (Å²) in [5.41, 5.74) is 0. The van der Waals surface area contributed by atoms with Crippen LogP contribution in [0.2, 0.25) is 0 Å². The average molecular weight is 370 g/mol. The van der Waals surface area contributed by atoms with E-state index in [1.807, 2.05) is 30.0 Å². The number of rotatable bonds is 12. The smallest absolute Gasteiger partial charge is 0.190 e. The number of hydrogen-bond donors (Lipinski definition) is 2. The van der Waals surface area contributed by atoms with Crippen LogP contribution in [0.5, 0.6) is 17.2 Å². The van der Waals surface area contributed by atoms with Crippen molar-refractivity contribution in [2.45, 2.75) is 19.3 Å². The molecule has 0 unspecified atom stereocenters. The lowest BCUT2D eigenvalue weighted by Gasteiger charge is -2.13. The third-order valence-electron chi connectivity index (χ3n) is 3.50. The van der Waals surface area contributed by atoms with E-state index in [4.69, 9.17) is 14.2 Å². The molecule has 0 radical (unpaired) electrons. The highest BCUT2D eigenvalue weighted by atomic mass is 32.2. The predicted octanol–water partition coefficient (Wildman–Crippen LogP) is 2.78. The molecule has 0 heterocycles. The third kappa shape index (κ3) is 9.34. The van der Waals surface area contributed by atoms with Gasteiger partial charge in [-0.1, -0.05) is 0 Å². The molecule has 0 aliphatic rings. The Balaban J connectivity index is 2.22. The number of nitrogens with zero attached hydrogens (tertiary/aromatic N) is 1. The molecule has 2 N–H and O–H groups in total. The first kappa shape index (κ1) is 21.3. The van der Waals surface area contributed by atoms with Crippen molar-refractivity contribution in [3.63, 3.8) is 0 Å². The Morgan fingerprint density at radius 3 is 2.12 bits per heavy atom. The Morgan fingerprint density at radius 1 is 0.960 bits per heavy atom. The van der Waals surface area contributed by atoms with E-state index in [2.05, 4.69) is 21.9 Å². The standard InChI is InChI=1S/C18H31N3O3S/c1-19-18(20-8-5-6-11-25-4)21-9-7-10-24-17-13-15(22-2)12-16(14-17)23-3/h12-14H,5-11H2,1-4H3,(H2,19,20,21). The van der Waals surface area contributed by atoms with Gasteiger partial charge >= 0.3 is 0 Å². The molecule has 1 aromatic rings. The maximum atomic E-state index is 5.77. The van der Waals surface area contributed by atoms with Gasteiger partial charge in [0, 0.05) is 38.3 Å². The average Bonchev–Trinajstić information content (AvgIpc) is 2.65. The van der Waals surface area contributed by atoms with Gasteiger partial charge < -0.3 is 24.8 Å². The van der Waals surface area contributed by atoms with Gasteiger partial charge in [-0.15, -0.1) is 0 Å². The molecule has 25 heavy (non-hydrogen) atoms. The zero-order chi connectivity index (χ0) is 18.3. The lowest BCUT2D eigenvalue weighted by Crippen LogP contribution is -2.38. The summed E-state index contributed by atoms with van der Waals surface area (Å²) < 4.78 is 16.2. The summed E-state index contributed by atoms with van der Waals surface area (Å²) in [5, 5.41) is 6.62. The third-order valence-corrected chi connectivity index (χ3v) is 4.20. The number of methoxy groups -OCH3 is 2. The molecular weight excluding hydrogens is 338 g/mol. The maximum absolute atomic E-state index is 5.77. The molecule has 0 bridgehead atoms. The number of aliphatic imine (C=N–C) groups is 1. The largest absolute Gasteiger partial charge is 0.496 e. The Kier molecular flexibility index (Phi) is 11.5. The SMILES string of the molecule is CN=C(NCCCCSC)NCCCOc1cc(OC)cc(OC)c1. The molecule has 0 saturated carbocycles. The molecule has 6 nitrogen and oxygen atoms in total. The molecule has 0 spiro atoms. The highest BCUT2D eigenvalue weighted by Crippen LogP contribution is 2.27. The molecule has 0 saturated heterocycles. The van der Waals surface area contributed by atoms with Crippen LogP contribution < -0.4 is 24.8 Å². The van der Waals surface area contributed by atoms with Gasteiger partial charge in [0.15, 0.2) is 5.96 Å². The Morgan fingerprint density at radius 2 is 1.56 bits per heavy atom. The summed E-state index contributed by atoms with van der Waals surface area (Å²) in [5.74, 6) is 4.23. The van der Waals surface area contributed by atoms with E-state index in [1.54, 1.807) is 21.3 Å². The second kappa shape index (κ2) is 13.5. The molecular formula is C18H31N3O3S. The lowest BCUT2D eigenvalue weighted by atomic mass is 10.3. The minimum absolute atomic E-state index is 0.605. The zero-order valence-electron chi connectivity index (χ0n) is 15.8. The fraction of sp³-hybridized carbons (Fsp3) is 0.611. The van der Waals surface area contributed by atoms with Crippen LogP contribution in [0.25, 0.3) is 0 Å². The number of guanidine groups is 1. The maximum Gasteiger partial charge on any atom is 0.190 e. The van der Waals surface area contributed by atoms with Crippen LogP contribution in [0.3, 0.4) is 0 Å². The van der Waals surface area contributed by atoms with Crippen LogP contribution in [-0.2, 0) is 0 Å². The highest BCUT2D eigenvalue weighted by Gasteiger charge is 2.03. The normalized spacial score (nSPS) is 11.1. The minimum Gasteiger partial charge on any atom is -0.496 e. The van der Waals surface area contributed by atoms with Crippen LogP contribution in [-0.4, -0.2) is 58.9 Å². The van der Waals surface area contributed by atoms with E-state index in [0.29, 0.717) is 6.61 Å². The van der Waals surface area contributed by atoms with Crippen LogP contribution in [0, 0.1) is 0 Å². The summed E-state index contributed by atoms with van der Waals surface area (Å²) in [4.78, 5) is 4.22. The summed E-state index contributed by atoms with van der Waals surface area (Å²) in [6.07, 6.45) is 5.38. The van der Waals surface area contributed by atoms with Crippen LogP contribution in [0.4, 0.5) is 0 Å². The molecule has 0 amide bonds. The molecule has 0 aliphatic heterocycles. The number of hydrogen-bond acceptors (Lipinski definition) is 5. The van der Waals surface area contributed by atoms with Gasteiger partial charge in [-0.25, -0.2) is 0 Å². The Bertz CT molecular complexity index is 490. The molecule has 0 atom stereocenters. The first-order valence-corrected chi connectivity index (χ1v) is 9.92. The van der Waals surface area contributed by atoms with Crippen molar-refractivity contribution < 1.29 is 14.2 Å². The molecule has 0 aromatic heterocycles. The number of ether oxygens (including phenoxy) is 3. The van der Waals surface area contributed by atoms with Crippen molar-refractivity contribution in [1.29, 1.82) is 0 Å². The molecule has 0 aliphatic carbocycles. The van der Waals surface area contributed by atoms with Gasteiger partial charge in [0.1, 0.15) is 17.2 Å². The van der Waals surface area contributed by atoms with E-state index in [9.17, 15) is 0 Å². The van der Waals surface area contributed by atoms with Gasteiger partial charge in [0.05, 0.1) is 20.8 Å². The quantitative estimate of drug-likeness (QED) is 0.336. The zero-order valence-corrected chi connectivity index (χ0v) is 16.6. The predicted molar refractivity (Wildman–Crippen MR) is 107 cm³/mol. The van der Waals surface area contributed by atoms with Crippen LogP contribution in [0.15, 0.2) is 23.2 Å². The summed E-state index contributed by atoms with van der Waals surface area (Å²) in [7, 11) is 5.04. The van der Waals surface area contributed by atoms with E-state index < -0.39 is 0 Å². The van der Waals surface area contributed by atoms with Gasteiger partial charge in [-0.05, 0) is 31.3 Å². The number of nitrogens with one attached hydrogen (secondary N) is 2. The molecule has 1 rings (SSSR count). The van der Waals surface area contributed by atoms with E-state index >= 15 is 0 Å². The van der Waals surface area contributed by atoms with Gasteiger partial charge in [0.25, 0.3) is 0 Å². The van der Waals surface area contributed by atoms with Crippen molar-refractivity contribution in [3.05, 3.63) is 18.2 Å². The van der Waals surface area contributed by atoms with Crippen molar-refractivity contribution in [3.8, 4) is 17.2 Å². The fourth-order valence-electron chi connectivity index (χ4n) is 2.13. The van der Waals surface area contributed by atoms with Gasteiger partial charge in [0.2, 0.25) is 0 Å². The van der Waals surface area contributed by atoms with Crippen molar-refractivity contribution in [1.82, 2.24) is 10.6 Å². The highest BCUT2D eigenvalue weighted by molar-refractivity contribution is 7.98. The second-order valence-corrected chi connectivity index (χ2v) is 6.36. The summed E-state index contributed by atoms with van der Waals surface area (Å²) in [6.45, 7) is 2.35. The van der Waals surface area contributed by atoms with Gasteiger partial charge in [-0.3, -0.25) is 4.99 Å². The number of unbranched alkanes of at least 4 members (excludes halogenated alkanes) is 1. The molecule has 7 heteroatoms. The fourth-order valence-corrected chi connectivity index (χ4v) is 2.63. The first-order chi connectivity index (χ1) is 12.2. The monoisotopic (exact) mass is 369 g/mol. The van der Waals surface area contributed by atoms with Crippen molar-refractivity contribution in [2.24, 2.45) is 4.99 Å². The lowest BCUT2D eigenvalue weighted by molar-refractivity contribution is 0.305. The number of thioether (sulfide) groups is 1. The van der Waals surface area contributed by atoms with Crippen LogP contribution in [0.1, 0.15) is 19.3 Å². The summed E-state index contributed by atoms with van der Waals surface area (Å²) >= 11 is 1.88. The Hall–Kier alpha value is -1.76. The van der Waals surface area contributed by atoms with Crippen LogP contribution >= 0.6 is 11.8 Å². The second-order valence-electron chi connectivity index (χ2n) is 5.38. The summed E-state index contributed by atoms with van der Waals surface area (Å²) in [6, 6.07) is 5.53. The van der Waals surface area contributed by atoms with E-state index in [-0.39, 0.29) is 0 Å². The topological polar surface area (TPSA) is 64.1 Å². The molecule has 1 aromatic carbocycles. The van der Waals surface area contributed by atoms with Crippen molar-refractivity contribution >= 4 is 17.7 Å². The molecule has 142 valence electrons. The first-order valence-electron chi connectivity index (χ1n) is 8.52. The van der Waals surface area contributed by atoms with E-state index in [0.717, 1.165) is 49.1 Å². The minimum atomic E-state index is 0.605. The Labute approximate surface area is 155 Å². The number of benzene rings is 1. The van der Waals surface area contributed by atoms with Gasteiger partial charge in [-0.2, -0.15) is 11.8 Å². The van der Waals surface area contributed by atoms with E-state index in [1.165, 1.54) is 12.2 Å². The molecule has 0 fully saturated rings.